The summed E-state index contributed by atoms with van der Waals surface area (Å²) in [6.07, 6.45) is 0.737. The molecule has 0 aliphatic rings. The smallest absolute Gasteiger partial charge is 0.305 e. The number of aromatic nitrogens is 3. The first-order valence-corrected chi connectivity index (χ1v) is 11.8. The monoisotopic (exact) mass is 514 g/mol. The van der Waals surface area contributed by atoms with Gasteiger partial charge in [0.05, 0.1) is 17.1 Å². The molecule has 35 heavy (non-hydrogen) atoms. The first kappa shape index (κ1) is 25.9. The van der Waals surface area contributed by atoms with Crippen molar-refractivity contribution < 1.29 is 9.90 Å². The van der Waals surface area contributed by atoms with E-state index in [1.165, 1.54) is 0 Å². The minimum atomic E-state index is -0.872. The van der Waals surface area contributed by atoms with Gasteiger partial charge in [-0.1, -0.05) is 54.1 Å². The molecule has 12 heteroatoms. The Bertz CT molecular complexity index is 1120. The second kappa shape index (κ2) is 13.9. The van der Waals surface area contributed by atoms with E-state index >= 15 is 0 Å². The molecule has 3 rings (SSSR count). The Balaban J connectivity index is 1.57. The lowest BCUT2D eigenvalue weighted by molar-refractivity contribution is -0.136. The Morgan fingerprint density at radius 2 is 1.51 bits per heavy atom. The molecule has 0 amide bonds. The van der Waals surface area contributed by atoms with Crippen molar-refractivity contribution in [3.05, 3.63) is 65.2 Å². The van der Waals surface area contributed by atoms with Gasteiger partial charge in [-0.3, -0.25) is 4.79 Å². The number of nitrogens with one attached hydrogen (secondary N) is 5. The maximum Gasteiger partial charge on any atom is 0.305 e. The second-order valence-electron chi connectivity index (χ2n) is 7.36. The first-order valence-electron chi connectivity index (χ1n) is 11.0. The average molecular weight is 515 g/mol. The summed E-state index contributed by atoms with van der Waals surface area (Å²) in [5, 5.41) is 25.1. The third-order valence-electron chi connectivity index (χ3n) is 4.60. The summed E-state index contributed by atoms with van der Waals surface area (Å²) >= 11 is 11.4. The number of anilines is 4. The summed E-state index contributed by atoms with van der Waals surface area (Å²) < 4.78 is 0. The number of rotatable bonds is 13. The topological polar surface area (TPSA) is 136 Å². The molecule has 6 N–H and O–H groups in total. The highest BCUT2D eigenvalue weighted by Crippen LogP contribution is 2.24. The minimum absolute atomic E-state index is 0.00790. The molecule has 0 unspecified atom stereocenters. The van der Waals surface area contributed by atoms with Gasteiger partial charge >= 0.3 is 5.97 Å². The zero-order valence-electron chi connectivity index (χ0n) is 18.9. The Kier molecular flexibility index (Phi) is 10.3. The van der Waals surface area contributed by atoms with E-state index in [2.05, 4.69) is 41.5 Å². The van der Waals surface area contributed by atoms with Crippen molar-refractivity contribution in [3.63, 3.8) is 0 Å². The molecule has 0 atom stereocenters. The number of aliphatic carboxylic acids is 1. The summed E-state index contributed by atoms with van der Waals surface area (Å²) in [6, 6.07) is 17.3. The van der Waals surface area contributed by atoms with Gasteiger partial charge < -0.3 is 31.7 Å². The third-order valence-corrected chi connectivity index (χ3v) is 5.21. The lowest BCUT2D eigenvalue weighted by Crippen LogP contribution is -2.37. The van der Waals surface area contributed by atoms with Gasteiger partial charge in [-0.2, -0.15) is 15.0 Å². The van der Waals surface area contributed by atoms with Gasteiger partial charge in [0, 0.05) is 26.2 Å². The number of halogens is 1. The highest BCUT2D eigenvalue weighted by molar-refractivity contribution is 7.80. The SMILES string of the molecule is O=C(O)CCNC(=S)NCCCNc1nc(NCc2ccccc2)nc(Nc2ccccc2Cl)n1. The Labute approximate surface area is 213 Å². The molecule has 1 heterocycles. The maximum atomic E-state index is 10.6. The zero-order valence-corrected chi connectivity index (χ0v) is 20.5. The molecule has 10 nitrogen and oxygen atoms in total. The number of para-hydroxylation sites is 1. The molecule has 0 saturated carbocycles. The molecule has 3 aromatic rings. The standard InChI is InChI=1S/C23H27ClN8O2S/c24-17-9-4-5-10-18(17)29-22-31-20(25-12-6-13-26-23(35)27-14-11-19(33)34)30-21(32-22)28-15-16-7-2-1-3-8-16/h1-5,7-10H,6,11-15H2,(H,33,34)(H2,26,27,35)(H3,25,28,29,30,31,32). The fourth-order valence-electron chi connectivity index (χ4n) is 2.89. The van der Waals surface area contributed by atoms with Crippen LogP contribution in [0.4, 0.5) is 23.5 Å². The molecule has 184 valence electrons. The largest absolute Gasteiger partial charge is 0.481 e. The second-order valence-corrected chi connectivity index (χ2v) is 8.17. The van der Waals surface area contributed by atoms with Gasteiger partial charge in [0.25, 0.3) is 0 Å². The molecular weight excluding hydrogens is 488 g/mol. The quantitative estimate of drug-likeness (QED) is 0.147. The highest BCUT2D eigenvalue weighted by Gasteiger charge is 2.09. The van der Waals surface area contributed by atoms with E-state index in [9.17, 15) is 4.79 Å². The van der Waals surface area contributed by atoms with Gasteiger partial charge in [0.1, 0.15) is 0 Å². The van der Waals surface area contributed by atoms with Crippen LogP contribution in [-0.4, -0.2) is 50.8 Å². The van der Waals surface area contributed by atoms with Crippen molar-refractivity contribution >= 4 is 58.4 Å². The van der Waals surface area contributed by atoms with Crippen LogP contribution in [0.5, 0.6) is 0 Å². The number of nitrogens with zero attached hydrogens (tertiary/aromatic N) is 3. The normalized spacial score (nSPS) is 10.3. The maximum absolute atomic E-state index is 10.6. The number of hydrogen-bond acceptors (Lipinski definition) is 8. The molecule has 0 spiro atoms. The average Bonchev–Trinajstić information content (AvgIpc) is 2.84. The van der Waals surface area contributed by atoms with Crippen LogP contribution in [0.2, 0.25) is 5.02 Å². The molecule has 1 aromatic heterocycles. The van der Waals surface area contributed by atoms with Crippen molar-refractivity contribution in [2.24, 2.45) is 0 Å². The van der Waals surface area contributed by atoms with E-state index in [-0.39, 0.29) is 13.0 Å². The fraction of sp³-hybridized carbons (Fsp3) is 0.261. The fourth-order valence-corrected chi connectivity index (χ4v) is 3.27. The zero-order chi connectivity index (χ0) is 24.9. The number of carboxylic acids is 1. The lowest BCUT2D eigenvalue weighted by Gasteiger charge is -2.13. The number of carbonyl (C=O) groups is 1. The molecule has 2 aromatic carbocycles. The predicted octanol–water partition coefficient (Wildman–Crippen LogP) is 3.62. The summed E-state index contributed by atoms with van der Waals surface area (Å²) in [5.41, 5.74) is 1.79. The van der Waals surface area contributed by atoms with Crippen LogP contribution in [0.25, 0.3) is 0 Å². The van der Waals surface area contributed by atoms with Crippen LogP contribution in [0.1, 0.15) is 18.4 Å². The summed E-state index contributed by atoms with van der Waals surface area (Å²) in [4.78, 5) is 23.9. The van der Waals surface area contributed by atoms with Gasteiger partial charge in [0.2, 0.25) is 17.8 Å². The van der Waals surface area contributed by atoms with Crippen LogP contribution in [0.15, 0.2) is 54.6 Å². The molecular formula is C23H27ClN8O2S. The van der Waals surface area contributed by atoms with E-state index in [0.29, 0.717) is 53.3 Å². The minimum Gasteiger partial charge on any atom is -0.481 e. The van der Waals surface area contributed by atoms with Gasteiger partial charge in [0.15, 0.2) is 5.11 Å². The number of hydrogen-bond donors (Lipinski definition) is 6. The van der Waals surface area contributed by atoms with Crippen LogP contribution in [-0.2, 0) is 11.3 Å². The van der Waals surface area contributed by atoms with Gasteiger partial charge in [-0.25, -0.2) is 0 Å². The van der Waals surface area contributed by atoms with Crippen LogP contribution < -0.4 is 26.6 Å². The van der Waals surface area contributed by atoms with E-state index < -0.39 is 5.97 Å². The number of benzene rings is 2. The Morgan fingerprint density at radius 1 is 0.857 bits per heavy atom. The van der Waals surface area contributed by atoms with Crippen LogP contribution >= 0.6 is 23.8 Å². The molecule has 0 saturated heterocycles. The number of carboxylic acid groups (broad SMARTS) is 1. The summed E-state index contributed by atoms with van der Waals surface area (Å²) in [6.45, 7) is 2.02. The molecule has 0 fully saturated rings. The van der Waals surface area contributed by atoms with E-state index in [4.69, 9.17) is 28.9 Å². The highest BCUT2D eigenvalue weighted by atomic mass is 35.5. The van der Waals surface area contributed by atoms with Crippen molar-refractivity contribution in [2.45, 2.75) is 19.4 Å². The lowest BCUT2D eigenvalue weighted by atomic mass is 10.2. The van der Waals surface area contributed by atoms with Gasteiger partial charge in [-0.15, -0.1) is 0 Å². The summed E-state index contributed by atoms with van der Waals surface area (Å²) in [7, 11) is 0. The van der Waals surface area contributed by atoms with Crippen LogP contribution in [0.3, 0.4) is 0 Å². The van der Waals surface area contributed by atoms with E-state index in [1.807, 2.05) is 48.5 Å². The van der Waals surface area contributed by atoms with Crippen LogP contribution in [0, 0.1) is 0 Å². The van der Waals surface area contributed by atoms with E-state index in [0.717, 1.165) is 12.0 Å². The van der Waals surface area contributed by atoms with Crippen molar-refractivity contribution in [3.8, 4) is 0 Å². The van der Waals surface area contributed by atoms with Crippen molar-refractivity contribution in [1.82, 2.24) is 25.6 Å². The molecule has 0 radical (unpaired) electrons. The molecule has 0 aliphatic carbocycles. The first-order chi connectivity index (χ1) is 17.0. The van der Waals surface area contributed by atoms with E-state index in [1.54, 1.807) is 6.07 Å². The van der Waals surface area contributed by atoms with Crippen molar-refractivity contribution in [1.29, 1.82) is 0 Å². The molecule has 0 bridgehead atoms. The molecule has 0 aliphatic heterocycles. The van der Waals surface area contributed by atoms with Gasteiger partial charge in [-0.05, 0) is 36.3 Å². The Hall–Kier alpha value is -3.70. The summed E-state index contributed by atoms with van der Waals surface area (Å²) in [5.74, 6) is 0.311. The third kappa shape index (κ3) is 9.59. The number of thiocarbonyl (C=S) groups is 1. The predicted molar refractivity (Wildman–Crippen MR) is 142 cm³/mol. The Morgan fingerprint density at radius 3 is 2.26 bits per heavy atom. The van der Waals surface area contributed by atoms with Crippen molar-refractivity contribution in [2.75, 3.05) is 35.6 Å².